The van der Waals surface area contributed by atoms with Gasteiger partial charge in [-0.05, 0) is 6.42 Å². The number of aliphatic hydroxyl groups excluding tert-OH is 1. The highest BCUT2D eigenvalue weighted by molar-refractivity contribution is 5.71. The Morgan fingerprint density at radius 3 is 2.91 bits per heavy atom. The standard InChI is InChI=1S/C9H9NO/c11-9-6-5-7-3-1-2-4-8(7)10-9/h1-4H,5-6H2,(H,10,11)/p+1. The molecule has 1 heterocycles. The minimum atomic E-state index is 0.378. The van der Waals surface area contributed by atoms with E-state index in [1.165, 1.54) is 5.56 Å². The molecular weight excluding hydrogens is 138 g/mol. The lowest BCUT2D eigenvalue weighted by Gasteiger charge is -2.04. The van der Waals surface area contributed by atoms with Crippen LogP contribution in [0.4, 0.5) is 5.69 Å². The van der Waals surface area contributed by atoms with Gasteiger partial charge >= 0.3 is 5.90 Å². The van der Waals surface area contributed by atoms with Gasteiger partial charge in [0.1, 0.15) is 0 Å². The summed E-state index contributed by atoms with van der Waals surface area (Å²) in [5.41, 5.74) is 2.32. The molecule has 0 atom stereocenters. The van der Waals surface area contributed by atoms with Crippen molar-refractivity contribution in [1.29, 1.82) is 0 Å². The number of nitrogens with one attached hydrogen (secondary N) is 1. The maximum absolute atomic E-state index is 9.16. The Bertz CT molecular complexity index is 304. The van der Waals surface area contributed by atoms with Crippen molar-refractivity contribution in [3.05, 3.63) is 29.8 Å². The third-order valence-electron chi connectivity index (χ3n) is 1.93. The van der Waals surface area contributed by atoms with Gasteiger partial charge in [-0.15, -0.1) is 0 Å². The van der Waals surface area contributed by atoms with E-state index < -0.39 is 0 Å². The van der Waals surface area contributed by atoms with Gasteiger partial charge in [0, 0.05) is 11.6 Å². The van der Waals surface area contributed by atoms with E-state index in [-0.39, 0.29) is 0 Å². The number of fused-ring (bicyclic) bond motifs is 1. The van der Waals surface area contributed by atoms with Crippen LogP contribution in [0.3, 0.4) is 0 Å². The maximum atomic E-state index is 9.16. The molecule has 1 aromatic rings. The highest BCUT2D eigenvalue weighted by Crippen LogP contribution is 2.12. The molecular formula is C9H10NO+. The van der Waals surface area contributed by atoms with Crippen LogP contribution in [0.5, 0.6) is 0 Å². The van der Waals surface area contributed by atoms with E-state index in [1.54, 1.807) is 0 Å². The van der Waals surface area contributed by atoms with Crippen molar-refractivity contribution < 1.29 is 10.1 Å². The minimum Gasteiger partial charge on any atom is -0.463 e. The van der Waals surface area contributed by atoms with E-state index in [9.17, 15) is 0 Å². The Morgan fingerprint density at radius 1 is 1.18 bits per heavy atom. The first kappa shape index (κ1) is 6.40. The van der Waals surface area contributed by atoms with Crippen molar-refractivity contribution in [3.8, 4) is 0 Å². The molecule has 1 aliphatic rings. The zero-order chi connectivity index (χ0) is 7.68. The fourth-order valence-corrected chi connectivity index (χ4v) is 1.33. The summed E-state index contributed by atoms with van der Waals surface area (Å²) >= 11 is 0. The molecule has 0 amide bonds. The molecule has 2 N–H and O–H groups in total. The van der Waals surface area contributed by atoms with Crippen LogP contribution in [-0.2, 0) is 6.42 Å². The molecule has 1 aliphatic heterocycles. The Labute approximate surface area is 65.2 Å². The van der Waals surface area contributed by atoms with Gasteiger partial charge in [-0.25, -0.2) is 0 Å². The number of benzene rings is 1. The molecule has 2 heteroatoms. The minimum absolute atomic E-state index is 0.378. The Kier molecular flexibility index (Phi) is 1.39. The number of para-hydroxylation sites is 1. The van der Waals surface area contributed by atoms with Crippen LogP contribution >= 0.6 is 0 Å². The van der Waals surface area contributed by atoms with E-state index in [0.29, 0.717) is 5.90 Å². The number of hydrogen-bond donors (Lipinski definition) is 2. The normalized spacial score (nSPS) is 15.5. The van der Waals surface area contributed by atoms with Gasteiger partial charge in [0.15, 0.2) is 0 Å². The molecule has 1 aromatic carbocycles. The molecule has 56 valence electrons. The summed E-state index contributed by atoms with van der Waals surface area (Å²) in [5.74, 6) is 0.378. The summed E-state index contributed by atoms with van der Waals surface area (Å²) in [6, 6.07) is 8.03. The van der Waals surface area contributed by atoms with Gasteiger partial charge in [0.05, 0.1) is 6.42 Å². The van der Waals surface area contributed by atoms with E-state index in [4.69, 9.17) is 5.11 Å². The van der Waals surface area contributed by atoms with E-state index in [2.05, 4.69) is 11.1 Å². The van der Waals surface area contributed by atoms with Gasteiger partial charge in [-0.2, -0.15) is 4.99 Å². The smallest absolute Gasteiger partial charge is 0.338 e. The number of hydrogen-bond acceptors (Lipinski definition) is 0. The average molecular weight is 148 g/mol. The molecule has 2 nitrogen and oxygen atoms in total. The summed E-state index contributed by atoms with van der Waals surface area (Å²) in [7, 11) is 0. The van der Waals surface area contributed by atoms with Gasteiger partial charge in [-0.1, -0.05) is 18.2 Å². The Hall–Kier alpha value is -1.31. The SMILES string of the molecule is OC1=[NH+]c2ccccc2CC1. The molecule has 0 aromatic heterocycles. The number of aliphatic hydroxyl groups is 1. The van der Waals surface area contributed by atoms with Gasteiger partial charge in [-0.3, -0.25) is 0 Å². The highest BCUT2D eigenvalue weighted by Gasteiger charge is 2.15. The lowest BCUT2D eigenvalue weighted by atomic mass is 10.1. The zero-order valence-corrected chi connectivity index (χ0v) is 6.17. The first-order chi connectivity index (χ1) is 5.36. The molecule has 0 radical (unpaired) electrons. The second-order valence-corrected chi connectivity index (χ2v) is 2.73. The fourth-order valence-electron chi connectivity index (χ4n) is 1.33. The molecule has 0 fully saturated rings. The maximum Gasteiger partial charge on any atom is 0.338 e. The van der Waals surface area contributed by atoms with Crippen molar-refractivity contribution in [1.82, 2.24) is 0 Å². The third kappa shape index (κ3) is 1.11. The molecule has 0 unspecified atom stereocenters. The predicted octanol–water partition coefficient (Wildman–Crippen LogP) is 0.301. The van der Waals surface area contributed by atoms with Crippen LogP contribution < -0.4 is 4.99 Å². The van der Waals surface area contributed by atoms with E-state index >= 15 is 0 Å². The van der Waals surface area contributed by atoms with E-state index in [1.807, 2.05) is 18.2 Å². The lowest BCUT2D eigenvalue weighted by Crippen LogP contribution is -2.68. The highest BCUT2D eigenvalue weighted by atomic mass is 16.3. The van der Waals surface area contributed by atoms with Crippen molar-refractivity contribution in [2.24, 2.45) is 0 Å². The quantitative estimate of drug-likeness (QED) is 0.545. The fraction of sp³-hybridized carbons (Fsp3) is 0.222. The average Bonchev–Trinajstić information content (AvgIpc) is 2.04. The van der Waals surface area contributed by atoms with E-state index in [0.717, 1.165) is 18.5 Å². The molecule has 0 aliphatic carbocycles. The first-order valence-corrected chi connectivity index (χ1v) is 3.76. The molecule has 0 bridgehead atoms. The summed E-state index contributed by atoms with van der Waals surface area (Å²) < 4.78 is 0. The first-order valence-electron chi connectivity index (χ1n) is 3.76. The second kappa shape index (κ2) is 2.38. The van der Waals surface area contributed by atoms with Crippen LogP contribution in [0.1, 0.15) is 12.0 Å². The van der Waals surface area contributed by atoms with Crippen molar-refractivity contribution in [3.63, 3.8) is 0 Å². The molecule has 0 saturated carbocycles. The third-order valence-corrected chi connectivity index (χ3v) is 1.93. The molecule has 2 rings (SSSR count). The summed E-state index contributed by atoms with van der Waals surface area (Å²) in [6.45, 7) is 0. The monoisotopic (exact) mass is 148 g/mol. The summed E-state index contributed by atoms with van der Waals surface area (Å²) in [6.07, 6.45) is 1.67. The van der Waals surface area contributed by atoms with Crippen LogP contribution in [-0.4, -0.2) is 11.0 Å². The molecule has 11 heavy (non-hydrogen) atoms. The Balaban J connectivity index is 2.51. The predicted molar refractivity (Wildman–Crippen MR) is 43.0 cm³/mol. The van der Waals surface area contributed by atoms with Crippen LogP contribution in [0.25, 0.3) is 0 Å². The number of aryl methyl sites for hydroxylation is 1. The number of rotatable bonds is 0. The zero-order valence-electron chi connectivity index (χ0n) is 6.17. The topological polar surface area (TPSA) is 34.2 Å². The lowest BCUT2D eigenvalue weighted by molar-refractivity contribution is -0.370. The molecule has 0 saturated heterocycles. The van der Waals surface area contributed by atoms with Crippen LogP contribution in [0, 0.1) is 0 Å². The van der Waals surface area contributed by atoms with Gasteiger partial charge < -0.3 is 5.11 Å². The van der Waals surface area contributed by atoms with Gasteiger partial charge in [0.2, 0.25) is 5.69 Å². The van der Waals surface area contributed by atoms with Crippen molar-refractivity contribution >= 4 is 11.6 Å². The summed E-state index contributed by atoms with van der Waals surface area (Å²) in [5, 5.41) is 9.16. The Morgan fingerprint density at radius 2 is 2.00 bits per heavy atom. The van der Waals surface area contributed by atoms with Crippen molar-refractivity contribution in [2.45, 2.75) is 12.8 Å². The molecule has 0 spiro atoms. The van der Waals surface area contributed by atoms with Gasteiger partial charge in [0.25, 0.3) is 0 Å². The largest absolute Gasteiger partial charge is 0.463 e. The second-order valence-electron chi connectivity index (χ2n) is 2.73. The van der Waals surface area contributed by atoms with Crippen LogP contribution in [0.15, 0.2) is 24.3 Å². The van der Waals surface area contributed by atoms with Crippen molar-refractivity contribution in [2.75, 3.05) is 0 Å². The van der Waals surface area contributed by atoms with Crippen LogP contribution in [0.2, 0.25) is 0 Å². The summed E-state index contributed by atoms with van der Waals surface area (Å²) in [4.78, 5) is 2.93.